The molecule has 104 valence electrons. The number of hydrogen-bond acceptors (Lipinski definition) is 5. The fraction of sp³-hybridized carbons (Fsp3) is 0.154. The number of nitrogens with two attached hydrogens (primary N) is 2. The number of rotatable bonds is 4. The lowest BCUT2D eigenvalue weighted by Gasteiger charge is -2.01. The summed E-state index contributed by atoms with van der Waals surface area (Å²) in [4.78, 5) is 29.2. The first kappa shape index (κ1) is 13.6. The quantitative estimate of drug-likeness (QED) is 0.699. The molecular weight excluding hydrogens is 260 g/mol. The van der Waals surface area contributed by atoms with E-state index in [1.165, 1.54) is 7.11 Å². The van der Waals surface area contributed by atoms with E-state index in [4.69, 9.17) is 11.5 Å². The lowest BCUT2D eigenvalue weighted by atomic mass is 10.1. The minimum atomic E-state index is -0.675. The number of primary amides is 1. The van der Waals surface area contributed by atoms with E-state index < -0.39 is 11.9 Å². The van der Waals surface area contributed by atoms with E-state index in [1.807, 2.05) is 0 Å². The van der Waals surface area contributed by atoms with Gasteiger partial charge in [-0.05, 0) is 17.7 Å². The maximum atomic E-state index is 11.3. The Morgan fingerprint density at radius 3 is 2.45 bits per heavy atom. The van der Waals surface area contributed by atoms with Crippen molar-refractivity contribution >= 4 is 17.7 Å². The third-order valence-electron chi connectivity index (χ3n) is 2.76. The van der Waals surface area contributed by atoms with E-state index in [2.05, 4.69) is 14.7 Å². The number of ether oxygens (including phenoxy) is 1. The van der Waals surface area contributed by atoms with Gasteiger partial charge in [0.15, 0.2) is 5.69 Å². The van der Waals surface area contributed by atoms with Crippen molar-refractivity contribution in [3.63, 3.8) is 0 Å². The number of hydrogen-bond donors (Lipinski definition) is 3. The first-order valence-electron chi connectivity index (χ1n) is 5.82. The minimum absolute atomic E-state index is 0.0335. The van der Waals surface area contributed by atoms with Crippen molar-refractivity contribution in [2.75, 3.05) is 12.8 Å². The fourth-order valence-electron chi connectivity index (χ4n) is 1.78. The summed E-state index contributed by atoms with van der Waals surface area (Å²) in [6.45, 7) is 0. The van der Waals surface area contributed by atoms with Gasteiger partial charge in [-0.15, -0.1) is 0 Å². The van der Waals surface area contributed by atoms with Crippen LogP contribution in [0.4, 0.5) is 5.82 Å². The number of H-pyrrole nitrogens is 1. The van der Waals surface area contributed by atoms with E-state index in [0.29, 0.717) is 17.8 Å². The number of aromatic amines is 1. The van der Waals surface area contributed by atoms with Crippen LogP contribution in [0.5, 0.6) is 0 Å². The second-order valence-electron chi connectivity index (χ2n) is 4.18. The van der Waals surface area contributed by atoms with Crippen molar-refractivity contribution in [3.05, 3.63) is 46.9 Å². The zero-order valence-electron chi connectivity index (χ0n) is 10.8. The Bertz CT molecular complexity index is 646. The van der Waals surface area contributed by atoms with E-state index >= 15 is 0 Å². The van der Waals surface area contributed by atoms with Crippen molar-refractivity contribution in [1.82, 2.24) is 9.97 Å². The van der Waals surface area contributed by atoms with Gasteiger partial charge < -0.3 is 21.2 Å². The van der Waals surface area contributed by atoms with Gasteiger partial charge in [-0.1, -0.05) is 12.1 Å². The molecule has 1 amide bonds. The van der Waals surface area contributed by atoms with Crippen LogP contribution in [0.2, 0.25) is 0 Å². The maximum Gasteiger partial charge on any atom is 0.337 e. The summed E-state index contributed by atoms with van der Waals surface area (Å²) in [5.74, 6) is -0.387. The average Bonchev–Trinajstić information content (AvgIpc) is 2.79. The smallest absolute Gasteiger partial charge is 0.337 e. The number of nitrogens with zero attached hydrogens (tertiary/aromatic N) is 1. The molecule has 0 atom stereocenters. The first-order valence-corrected chi connectivity index (χ1v) is 5.82. The molecule has 0 spiro atoms. The third kappa shape index (κ3) is 2.77. The van der Waals surface area contributed by atoms with E-state index in [-0.39, 0.29) is 11.5 Å². The lowest BCUT2D eigenvalue weighted by Crippen LogP contribution is -2.13. The van der Waals surface area contributed by atoms with Crippen molar-refractivity contribution in [2.45, 2.75) is 6.42 Å². The van der Waals surface area contributed by atoms with Crippen LogP contribution < -0.4 is 11.5 Å². The Labute approximate surface area is 114 Å². The summed E-state index contributed by atoms with van der Waals surface area (Å²) in [7, 11) is 1.33. The third-order valence-corrected chi connectivity index (χ3v) is 2.76. The molecule has 0 aliphatic carbocycles. The number of imidazole rings is 1. The number of nitrogens with one attached hydrogen (secondary N) is 1. The highest BCUT2D eigenvalue weighted by Crippen LogP contribution is 2.13. The van der Waals surface area contributed by atoms with E-state index in [1.54, 1.807) is 24.3 Å². The molecule has 2 rings (SSSR count). The summed E-state index contributed by atoms with van der Waals surface area (Å²) in [6.07, 6.45) is 0.443. The molecule has 0 unspecified atom stereocenters. The van der Waals surface area contributed by atoms with Crippen LogP contribution >= 0.6 is 0 Å². The monoisotopic (exact) mass is 274 g/mol. The number of nitrogen functional groups attached to an aromatic ring is 1. The van der Waals surface area contributed by atoms with Gasteiger partial charge in [-0.2, -0.15) is 0 Å². The van der Waals surface area contributed by atoms with Gasteiger partial charge in [-0.25, -0.2) is 9.78 Å². The number of anilines is 1. The number of amides is 1. The average molecular weight is 274 g/mol. The van der Waals surface area contributed by atoms with Gasteiger partial charge >= 0.3 is 5.97 Å². The van der Waals surface area contributed by atoms with Crippen molar-refractivity contribution in [3.8, 4) is 0 Å². The van der Waals surface area contributed by atoms with Crippen LogP contribution in [0, 0.1) is 0 Å². The molecule has 0 radical (unpaired) electrons. The van der Waals surface area contributed by atoms with Crippen LogP contribution in [0.25, 0.3) is 0 Å². The van der Waals surface area contributed by atoms with Crippen molar-refractivity contribution < 1.29 is 14.3 Å². The number of methoxy groups -OCH3 is 1. The zero-order chi connectivity index (χ0) is 14.7. The van der Waals surface area contributed by atoms with Gasteiger partial charge in [0, 0.05) is 6.42 Å². The Morgan fingerprint density at radius 2 is 1.95 bits per heavy atom. The Balaban J connectivity index is 2.16. The van der Waals surface area contributed by atoms with Gasteiger partial charge in [0.05, 0.1) is 12.7 Å². The fourth-order valence-corrected chi connectivity index (χ4v) is 1.78. The number of carbonyl (C=O) groups is 2. The predicted octanol–water partition coefficient (Wildman–Crippen LogP) is 0.468. The molecular formula is C13H14N4O3. The molecule has 0 saturated carbocycles. The van der Waals surface area contributed by atoms with Gasteiger partial charge in [-0.3, -0.25) is 4.79 Å². The number of carbonyl (C=O) groups excluding carboxylic acids is 2. The molecule has 1 aromatic heterocycles. The summed E-state index contributed by atoms with van der Waals surface area (Å²) < 4.78 is 4.61. The predicted molar refractivity (Wildman–Crippen MR) is 72.1 cm³/mol. The highest BCUT2D eigenvalue weighted by molar-refractivity contribution is 5.95. The molecule has 0 fully saturated rings. The molecule has 0 bridgehead atoms. The summed E-state index contributed by atoms with van der Waals surface area (Å²) in [6, 6.07) is 6.86. The zero-order valence-corrected chi connectivity index (χ0v) is 10.8. The van der Waals surface area contributed by atoms with E-state index in [0.717, 1.165) is 5.56 Å². The Hall–Kier alpha value is -2.83. The number of benzene rings is 1. The van der Waals surface area contributed by atoms with Gasteiger partial charge in [0.1, 0.15) is 11.6 Å². The molecule has 1 heterocycles. The second-order valence-corrected chi connectivity index (χ2v) is 4.18. The lowest BCUT2D eigenvalue weighted by molar-refractivity contribution is 0.0600. The van der Waals surface area contributed by atoms with Crippen LogP contribution in [0.15, 0.2) is 24.3 Å². The topological polar surface area (TPSA) is 124 Å². The van der Waals surface area contributed by atoms with Crippen LogP contribution in [-0.2, 0) is 11.2 Å². The Morgan fingerprint density at radius 1 is 1.30 bits per heavy atom. The highest BCUT2D eigenvalue weighted by Gasteiger charge is 2.13. The largest absolute Gasteiger partial charge is 0.465 e. The number of esters is 1. The maximum absolute atomic E-state index is 11.3. The van der Waals surface area contributed by atoms with Crippen LogP contribution in [0.3, 0.4) is 0 Å². The molecule has 20 heavy (non-hydrogen) atoms. The highest BCUT2D eigenvalue weighted by atomic mass is 16.5. The summed E-state index contributed by atoms with van der Waals surface area (Å²) >= 11 is 0. The van der Waals surface area contributed by atoms with Crippen molar-refractivity contribution in [1.29, 1.82) is 0 Å². The molecule has 0 saturated heterocycles. The van der Waals surface area contributed by atoms with Crippen molar-refractivity contribution in [2.24, 2.45) is 5.73 Å². The minimum Gasteiger partial charge on any atom is -0.465 e. The van der Waals surface area contributed by atoms with Crippen LogP contribution in [-0.4, -0.2) is 29.0 Å². The molecule has 5 N–H and O–H groups in total. The van der Waals surface area contributed by atoms with Gasteiger partial charge in [0.25, 0.3) is 5.91 Å². The first-order chi connectivity index (χ1) is 9.51. The summed E-state index contributed by atoms with van der Waals surface area (Å²) in [5, 5.41) is 0. The second kappa shape index (κ2) is 5.43. The molecule has 0 aliphatic heterocycles. The molecule has 1 aromatic carbocycles. The molecule has 0 aliphatic rings. The summed E-state index contributed by atoms with van der Waals surface area (Å²) in [5.41, 5.74) is 12.1. The molecule has 2 aromatic rings. The SMILES string of the molecule is COC(=O)c1ccc(Cc2nc(C(N)=O)c(N)[nH]2)cc1. The molecule has 7 nitrogen and oxygen atoms in total. The number of aromatic nitrogens is 2. The van der Waals surface area contributed by atoms with E-state index in [9.17, 15) is 9.59 Å². The molecule has 7 heteroatoms. The van der Waals surface area contributed by atoms with Crippen LogP contribution in [0.1, 0.15) is 32.2 Å². The van der Waals surface area contributed by atoms with Gasteiger partial charge in [0.2, 0.25) is 0 Å². The standard InChI is InChI=1S/C13H14N4O3/c1-20-13(19)8-4-2-7(3-5-8)6-9-16-10(12(15)18)11(14)17-9/h2-5H,6,14H2,1H3,(H2,15,18)(H,16,17). The Kier molecular flexibility index (Phi) is 3.69. The normalized spacial score (nSPS) is 10.2.